The van der Waals surface area contributed by atoms with Gasteiger partial charge >= 0.3 is 5.97 Å². The Balaban J connectivity index is 0.737. The molecule has 0 aromatic rings. The maximum absolute atomic E-state index is 13.1. The number of hydrogen-bond donors (Lipinski definition) is 4. The fourth-order valence-electron chi connectivity index (χ4n) is 18.2. The first-order valence-corrected chi connectivity index (χ1v) is 23.3. The third kappa shape index (κ3) is 5.60. The van der Waals surface area contributed by atoms with Crippen molar-refractivity contribution in [3.8, 4) is 0 Å². The first kappa shape index (κ1) is 37.9. The van der Waals surface area contributed by atoms with Crippen molar-refractivity contribution in [3.63, 3.8) is 0 Å². The van der Waals surface area contributed by atoms with E-state index in [2.05, 4.69) is 39.9 Å². The molecule has 9 rings (SSSR count). The Kier molecular flexibility index (Phi) is 9.60. The van der Waals surface area contributed by atoms with Crippen molar-refractivity contribution in [2.45, 2.75) is 199 Å². The number of carbonyl (C=O) groups is 1. The van der Waals surface area contributed by atoms with Crippen LogP contribution in [0.3, 0.4) is 0 Å². The van der Waals surface area contributed by atoms with Crippen LogP contribution in [-0.2, 0) is 9.53 Å². The summed E-state index contributed by atoms with van der Waals surface area (Å²) >= 11 is 0. The fourth-order valence-corrected chi connectivity index (χ4v) is 18.2. The van der Waals surface area contributed by atoms with E-state index < -0.39 is 0 Å². The highest BCUT2D eigenvalue weighted by atomic mass is 16.5. The van der Waals surface area contributed by atoms with E-state index in [1.165, 1.54) is 70.6 Å². The highest BCUT2D eigenvalue weighted by Gasteiger charge is 2.80. The molecule has 2 spiro atoms. The van der Waals surface area contributed by atoms with Gasteiger partial charge in [-0.2, -0.15) is 0 Å². The first-order chi connectivity index (χ1) is 25.3. The lowest BCUT2D eigenvalue weighted by atomic mass is 9.44. The Morgan fingerprint density at radius 3 is 2.17 bits per heavy atom. The van der Waals surface area contributed by atoms with E-state index in [1.807, 2.05) is 0 Å². The highest BCUT2D eigenvalue weighted by Crippen LogP contribution is 2.73. The van der Waals surface area contributed by atoms with Crippen molar-refractivity contribution in [2.24, 2.45) is 81.3 Å². The first-order valence-electron chi connectivity index (χ1n) is 23.3. The summed E-state index contributed by atoms with van der Waals surface area (Å²) in [4.78, 5) is 13.1. The second-order valence-electron chi connectivity index (χ2n) is 22.4. The molecule has 300 valence electrons. The second-order valence-corrected chi connectivity index (χ2v) is 22.4. The van der Waals surface area contributed by atoms with Crippen molar-refractivity contribution in [3.05, 3.63) is 0 Å². The lowest BCUT2D eigenvalue weighted by Gasteiger charge is -2.62. The largest absolute Gasteiger partial charge is 0.466 e. The number of aliphatic hydroxyl groups excluding tert-OH is 3. The van der Waals surface area contributed by atoms with Crippen LogP contribution >= 0.6 is 0 Å². The average Bonchev–Trinajstić information content (AvgIpc) is 3.42. The van der Waals surface area contributed by atoms with E-state index in [4.69, 9.17) is 4.74 Å². The molecule has 53 heavy (non-hydrogen) atoms. The summed E-state index contributed by atoms with van der Waals surface area (Å²) < 4.78 is 5.91. The number of aliphatic hydroxyl groups is 3. The minimum Gasteiger partial charge on any atom is -0.466 e. The molecule has 9 aliphatic rings. The zero-order chi connectivity index (χ0) is 37.1. The van der Waals surface area contributed by atoms with Crippen LogP contribution in [0.15, 0.2) is 0 Å². The van der Waals surface area contributed by atoms with Gasteiger partial charge in [0.25, 0.3) is 0 Å². The molecular formula is C47H77NO5. The van der Waals surface area contributed by atoms with Gasteiger partial charge in [-0.1, -0.05) is 47.5 Å². The smallest absolute Gasteiger partial charge is 0.305 e. The molecule has 8 aliphatic carbocycles. The monoisotopic (exact) mass is 736 g/mol. The topological polar surface area (TPSA) is 109 Å². The van der Waals surface area contributed by atoms with E-state index in [-0.39, 0.29) is 40.8 Å². The number of esters is 1. The molecule has 0 radical (unpaired) electrons. The molecule has 9 fully saturated rings. The minimum atomic E-state index is -0.268. The van der Waals surface area contributed by atoms with Crippen LogP contribution in [0.5, 0.6) is 0 Å². The Labute approximate surface area is 322 Å². The third-order valence-electron chi connectivity index (χ3n) is 20.7. The quantitative estimate of drug-likeness (QED) is 0.107. The van der Waals surface area contributed by atoms with Crippen LogP contribution in [0.4, 0.5) is 0 Å². The van der Waals surface area contributed by atoms with Crippen LogP contribution < -0.4 is 5.32 Å². The van der Waals surface area contributed by atoms with Gasteiger partial charge in [-0.15, -0.1) is 0 Å². The van der Waals surface area contributed by atoms with Gasteiger partial charge in [0, 0.05) is 23.4 Å². The highest BCUT2D eigenvalue weighted by molar-refractivity contribution is 5.69. The van der Waals surface area contributed by atoms with Crippen LogP contribution in [0, 0.1) is 81.3 Å². The van der Waals surface area contributed by atoms with E-state index in [0.717, 1.165) is 63.7 Å². The van der Waals surface area contributed by atoms with Crippen molar-refractivity contribution < 1.29 is 24.9 Å². The molecule has 4 unspecified atom stereocenters. The lowest BCUT2D eigenvalue weighted by molar-refractivity contribution is -0.164. The number of carbonyl (C=O) groups excluding carboxylic acids is 1. The van der Waals surface area contributed by atoms with E-state index >= 15 is 0 Å². The van der Waals surface area contributed by atoms with Gasteiger partial charge in [0.2, 0.25) is 0 Å². The van der Waals surface area contributed by atoms with Crippen LogP contribution in [0.1, 0.15) is 169 Å². The molecule has 0 bridgehead atoms. The molecule has 6 nitrogen and oxygen atoms in total. The Hall–Kier alpha value is -0.690. The van der Waals surface area contributed by atoms with Gasteiger partial charge in [-0.3, -0.25) is 4.79 Å². The van der Waals surface area contributed by atoms with Gasteiger partial charge in [0.15, 0.2) is 0 Å². The maximum atomic E-state index is 13.1. The molecular weight excluding hydrogens is 659 g/mol. The number of hydrogen-bond acceptors (Lipinski definition) is 6. The summed E-state index contributed by atoms with van der Waals surface area (Å²) in [5.41, 5.74) is 1.27. The fraction of sp³-hybridized carbons (Fsp3) is 0.979. The second kappa shape index (κ2) is 13.4. The molecule has 0 aromatic heterocycles. The molecule has 4 N–H and O–H groups in total. The number of rotatable bonds is 9. The summed E-state index contributed by atoms with van der Waals surface area (Å²) in [6.07, 6.45) is 23.1. The predicted molar refractivity (Wildman–Crippen MR) is 209 cm³/mol. The van der Waals surface area contributed by atoms with Gasteiger partial charge in [0.05, 0.1) is 24.9 Å². The molecule has 0 amide bonds. The van der Waals surface area contributed by atoms with Gasteiger partial charge < -0.3 is 25.4 Å². The number of nitrogens with one attached hydrogen (secondary N) is 1. The van der Waals surface area contributed by atoms with E-state index in [0.29, 0.717) is 83.0 Å². The maximum Gasteiger partial charge on any atom is 0.305 e. The van der Waals surface area contributed by atoms with Crippen LogP contribution in [-0.4, -0.2) is 57.3 Å². The van der Waals surface area contributed by atoms with Gasteiger partial charge in [0.1, 0.15) is 0 Å². The molecule has 6 heteroatoms. The van der Waals surface area contributed by atoms with Crippen molar-refractivity contribution in [1.29, 1.82) is 0 Å². The molecule has 1 saturated heterocycles. The Morgan fingerprint density at radius 1 is 0.679 bits per heavy atom. The van der Waals surface area contributed by atoms with E-state index in [9.17, 15) is 20.1 Å². The van der Waals surface area contributed by atoms with Crippen molar-refractivity contribution >= 4 is 5.97 Å². The lowest BCUT2D eigenvalue weighted by Crippen LogP contribution is -2.59. The summed E-state index contributed by atoms with van der Waals surface area (Å²) in [6, 6.07) is 0. The van der Waals surface area contributed by atoms with Crippen LogP contribution in [0.25, 0.3) is 0 Å². The molecule has 1 heterocycles. The average molecular weight is 736 g/mol. The summed E-state index contributed by atoms with van der Waals surface area (Å²) in [6.45, 7) is 13.1. The minimum absolute atomic E-state index is 0.0174. The normalized spacial score (nSPS) is 54.9. The molecule has 8 saturated carbocycles. The summed E-state index contributed by atoms with van der Waals surface area (Å²) in [5.74, 6) is 6.31. The Bertz CT molecular complexity index is 1390. The molecule has 0 aromatic carbocycles. The van der Waals surface area contributed by atoms with Gasteiger partial charge in [-0.25, -0.2) is 0 Å². The van der Waals surface area contributed by atoms with Gasteiger partial charge in [-0.05, 0) is 191 Å². The number of ether oxygens (including phenoxy) is 1. The van der Waals surface area contributed by atoms with Crippen molar-refractivity contribution in [2.75, 3.05) is 6.61 Å². The molecule has 1 aliphatic heterocycles. The van der Waals surface area contributed by atoms with E-state index in [1.54, 1.807) is 0 Å². The predicted octanol–water partition coefficient (Wildman–Crippen LogP) is 8.83. The number of fused-ring (bicyclic) bond motifs is 7. The van der Waals surface area contributed by atoms with Crippen LogP contribution in [0.2, 0.25) is 0 Å². The SMILES string of the molecule is C[C@H](CCCOC(=O)CC[C@@H](C)[C@H]1CCC2[C@@H]3[C@@H](O)CC4C[C@H](O)CC[C@@]45N[C@]35CC[C@@]21C)[C@H]1CCC2[C@@H]3[C@@H](O)CC4CCCC[C@]4(C)[C@H]3CC[C@@]21C. The zero-order valence-corrected chi connectivity index (χ0v) is 34.3. The van der Waals surface area contributed by atoms with Crippen molar-refractivity contribution in [1.82, 2.24) is 5.32 Å². The molecule has 19 atom stereocenters. The summed E-state index contributed by atoms with van der Waals surface area (Å²) in [5, 5.41) is 37.7. The summed E-state index contributed by atoms with van der Waals surface area (Å²) in [7, 11) is 0. The zero-order valence-electron chi connectivity index (χ0n) is 34.3. The standard InChI is InChI=1S/C47H77NO5/c1-28(33-12-14-35-41-36(18-20-44(33,35)4)43(3)19-7-6-10-30(43)26-38(41)50)9-8-24-53-40(52)16-11-29(2)34-13-15-37-42-39(51)27-31-25-32(49)17-21-46(31)47(42,48-46)23-22-45(34,37)5/h28-39,41-42,48-51H,6-27H2,1-5H3/t28-,29-,30?,31?,32-,33-,34-,35?,36+,37?,38+,39+,41+,42-,43+,44-,45-,46-,47-/m1/s1. The third-order valence-corrected chi connectivity index (χ3v) is 20.7. The Morgan fingerprint density at radius 2 is 1.38 bits per heavy atom.